The second kappa shape index (κ2) is 13.8. The van der Waals surface area contributed by atoms with Gasteiger partial charge < -0.3 is 31.7 Å². The number of halogens is 6. The third-order valence-electron chi connectivity index (χ3n) is 6.31. The molecule has 0 aromatic heterocycles. The minimum atomic E-state index is -4.25. The topological polar surface area (TPSA) is 140 Å². The highest BCUT2D eigenvalue weighted by molar-refractivity contribution is 6.31. The van der Waals surface area contributed by atoms with Crippen LogP contribution in [0.2, 0.25) is 5.02 Å². The number of rotatable bonds is 10. The number of benzene rings is 2. The molecule has 41 heavy (non-hydrogen) atoms. The van der Waals surface area contributed by atoms with Crippen LogP contribution in [0.4, 0.5) is 38.1 Å². The van der Waals surface area contributed by atoms with E-state index in [9.17, 15) is 36.3 Å². The molecule has 0 spiro atoms. The number of aliphatic hydroxyl groups is 1. The molecule has 1 unspecified atom stereocenters. The van der Waals surface area contributed by atoms with Gasteiger partial charge in [0.05, 0.1) is 30.0 Å². The molecule has 224 valence electrons. The fraction of sp³-hybridized carbons (Fsp3) is 0.400. The monoisotopic (exact) mass is 606 g/mol. The zero-order valence-corrected chi connectivity index (χ0v) is 22.3. The summed E-state index contributed by atoms with van der Waals surface area (Å²) in [5, 5.41) is 16.1. The molecular weight excluding hydrogens is 579 g/mol. The lowest BCUT2D eigenvalue weighted by Crippen LogP contribution is -2.50. The zero-order valence-electron chi connectivity index (χ0n) is 21.5. The van der Waals surface area contributed by atoms with Crippen LogP contribution in [0.1, 0.15) is 22.3 Å². The molecule has 6 N–H and O–H groups in total. The standard InChI is InChI=1S/C25H28ClF5N6O4/c26-15-2-4-17(19(11-15)37-9-7-36(8-10-37)6-5-25(29,30)31)34-23(40)16-3-1-14(20(27)21(16)28)12-33-24(41)35-18(13-38)22(32)39/h1-4,11,18,38H,5-10,12-13H2,(H2,32,39)(H,34,40)(H2,33,35,41). The van der Waals surface area contributed by atoms with Crippen LogP contribution in [-0.4, -0.2) is 79.4 Å². The first-order valence-electron chi connectivity index (χ1n) is 12.4. The second-order valence-corrected chi connectivity index (χ2v) is 9.61. The number of anilines is 2. The van der Waals surface area contributed by atoms with E-state index in [-0.39, 0.29) is 17.8 Å². The average Bonchev–Trinajstić information content (AvgIpc) is 2.92. The fourth-order valence-corrected chi connectivity index (χ4v) is 4.22. The summed E-state index contributed by atoms with van der Waals surface area (Å²) in [6.07, 6.45) is -5.18. The Labute approximate surface area is 236 Å². The van der Waals surface area contributed by atoms with Gasteiger partial charge in [-0.3, -0.25) is 14.5 Å². The van der Waals surface area contributed by atoms with Crippen LogP contribution in [0.25, 0.3) is 0 Å². The molecule has 0 aliphatic carbocycles. The third kappa shape index (κ3) is 8.90. The normalized spacial score (nSPS) is 14.9. The summed E-state index contributed by atoms with van der Waals surface area (Å²) in [7, 11) is 0. The molecule has 1 saturated heterocycles. The number of nitrogens with two attached hydrogens (primary N) is 1. The van der Waals surface area contributed by atoms with E-state index in [0.29, 0.717) is 36.9 Å². The van der Waals surface area contributed by atoms with Crippen LogP contribution in [0, 0.1) is 11.6 Å². The lowest BCUT2D eigenvalue weighted by atomic mass is 10.1. The van der Waals surface area contributed by atoms with Gasteiger partial charge in [0.15, 0.2) is 11.6 Å². The maximum absolute atomic E-state index is 14.9. The van der Waals surface area contributed by atoms with Crippen molar-refractivity contribution in [2.24, 2.45) is 5.73 Å². The van der Waals surface area contributed by atoms with Gasteiger partial charge in [0.25, 0.3) is 5.91 Å². The number of piperazine rings is 1. The van der Waals surface area contributed by atoms with E-state index >= 15 is 0 Å². The fourth-order valence-electron chi connectivity index (χ4n) is 4.05. The minimum absolute atomic E-state index is 0.131. The molecule has 1 atom stereocenters. The van der Waals surface area contributed by atoms with Crippen molar-refractivity contribution in [1.29, 1.82) is 0 Å². The molecule has 0 bridgehead atoms. The Kier molecular flexibility index (Phi) is 10.7. The predicted molar refractivity (Wildman–Crippen MR) is 141 cm³/mol. The Morgan fingerprint density at radius 1 is 1.05 bits per heavy atom. The number of carbonyl (C=O) groups excluding carboxylic acids is 3. The third-order valence-corrected chi connectivity index (χ3v) is 6.55. The van der Waals surface area contributed by atoms with Crippen LogP contribution < -0.4 is 26.6 Å². The van der Waals surface area contributed by atoms with E-state index in [4.69, 9.17) is 22.4 Å². The van der Waals surface area contributed by atoms with Gasteiger partial charge in [-0.1, -0.05) is 17.7 Å². The summed E-state index contributed by atoms with van der Waals surface area (Å²) < 4.78 is 67.2. The highest BCUT2D eigenvalue weighted by Gasteiger charge is 2.29. The first kappa shape index (κ1) is 31.8. The van der Waals surface area contributed by atoms with E-state index < -0.39 is 66.8 Å². The number of urea groups is 1. The molecule has 3 rings (SSSR count). The Morgan fingerprint density at radius 2 is 1.73 bits per heavy atom. The highest BCUT2D eigenvalue weighted by Crippen LogP contribution is 2.31. The number of amides is 4. The van der Waals surface area contributed by atoms with Crippen molar-refractivity contribution >= 4 is 40.8 Å². The number of hydrogen-bond acceptors (Lipinski definition) is 6. The molecular formula is C25H28ClF5N6O4. The van der Waals surface area contributed by atoms with E-state index in [2.05, 4.69) is 16.0 Å². The van der Waals surface area contributed by atoms with Crippen LogP contribution >= 0.6 is 11.6 Å². The van der Waals surface area contributed by atoms with Gasteiger partial charge in [-0.25, -0.2) is 13.6 Å². The van der Waals surface area contributed by atoms with Crippen molar-refractivity contribution in [3.63, 3.8) is 0 Å². The van der Waals surface area contributed by atoms with Crippen molar-refractivity contribution in [2.75, 3.05) is 49.5 Å². The summed E-state index contributed by atoms with van der Waals surface area (Å²) >= 11 is 6.13. The summed E-state index contributed by atoms with van der Waals surface area (Å²) in [6, 6.07) is 4.28. The van der Waals surface area contributed by atoms with Gasteiger partial charge >= 0.3 is 12.2 Å². The smallest absolute Gasteiger partial charge is 0.390 e. The van der Waals surface area contributed by atoms with E-state index in [0.717, 1.165) is 12.1 Å². The summed E-state index contributed by atoms with van der Waals surface area (Å²) in [5.41, 5.74) is 4.78. The van der Waals surface area contributed by atoms with Crippen molar-refractivity contribution in [1.82, 2.24) is 15.5 Å². The Bertz CT molecular complexity index is 1270. The van der Waals surface area contributed by atoms with Crippen LogP contribution in [0.3, 0.4) is 0 Å². The summed E-state index contributed by atoms with van der Waals surface area (Å²) in [6.45, 7) is -0.0323. The highest BCUT2D eigenvalue weighted by atomic mass is 35.5. The molecule has 1 heterocycles. The number of alkyl halides is 3. The SMILES string of the molecule is NC(=O)C(CO)NC(=O)NCc1ccc(C(=O)Nc2ccc(Cl)cc2N2CCN(CCC(F)(F)F)CC2)c(F)c1F. The summed E-state index contributed by atoms with van der Waals surface area (Å²) in [4.78, 5) is 39.3. The lowest BCUT2D eigenvalue weighted by molar-refractivity contribution is -0.138. The average molecular weight is 607 g/mol. The number of aliphatic hydroxyl groups excluding tert-OH is 1. The number of carbonyl (C=O) groups is 3. The number of nitrogens with one attached hydrogen (secondary N) is 3. The number of hydrogen-bond donors (Lipinski definition) is 5. The molecule has 4 amide bonds. The Morgan fingerprint density at radius 3 is 2.34 bits per heavy atom. The minimum Gasteiger partial charge on any atom is -0.394 e. The van der Waals surface area contributed by atoms with Gasteiger partial charge in [-0.2, -0.15) is 13.2 Å². The Balaban J connectivity index is 1.67. The van der Waals surface area contributed by atoms with Gasteiger partial charge in [0.1, 0.15) is 6.04 Å². The van der Waals surface area contributed by atoms with Crippen molar-refractivity contribution in [3.8, 4) is 0 Å². The molecule has 16 heteroatoms. The number of primary amides is 1. The molecule has 1 aliphatic heterocycles. The lowest BCUT2D eigenvalue weighted by Gasteiger charge is -2.37. The molecule has 0 radical (unpaired) electrons. The molecule has 10 nitrogen and oxygen atoms in total. The van der Waals surface area contributed by atoms with Crippen molar-refractivity contribution in [3.05, 3.63) is 58.1 Å². The van der Waals surface area contributed by atoms with Gasteiger partial charge in [0.2, 0.25) is 5.91 Å². The maximum atomic E-state index is 14.9. The quantitative estimate of drug-likeness (QED) is 0.264. The second-order valence-electron chi connectivity index (χ2n) is 9.17. The van der Waals surface area contributed by atoms with Crippen LogP contribution in [0.15, 0.2) is 30.3 Å². The predicted octanol–water partition coefficient (Wildman–Crippen LogP) is 2.59. The van der Waals surface area contributed by atoms with Crippen LogP contribution in [-0.2, 0) is 11.3 Å². The van der Waals surface area contributed by atoms with Crippen LogP contribution in [0.5, 0.6) is 0 Å². The Hall–Kier alpha value is -3.69. The molecule has 1 fully saturated rings. The summed E-state index contributed by atoms with van der Waals surface area (Å²) in [5.74, 6) is -4.83. The maximum Gasteiger partial charge on any atom is 0.390 e. The molecule has 2 aromatic carbocycles. The van der Waals surface area contributed by atoms with Gasteiger partial charge in [-0.05, 0) is 24.3 Å². The largest absolute Gasteiger partial charge is 0.394 e. The van der Waals surface area contributed by atoms with Gasteiger partial charge in [-0.15, -0.1) is 0 Å². The van der Waals surface area contributed by atoms with E-state index in [1.165, 1.54) is 12.1 Å². The molecule has 0 saturated carbocycles. The first-order valence-corrected chi connectivity index (χ1v) is 12.7. The molecule has 1 aliphatic rings. The first-order chi connectivity index (χ1) is 19.3. The van der Waals surface area contributed by atoms with Gasteiger partial charge in [0, 0.05) is 49.9 Å². The van der Waals surface area contributed by atoms with E-state index in [1.807, 2.05) is 4.90 Å². The van der Waals surface area contributed by atoms with Crippen molar-refractivity contribution in [2.45, 2.75) is 25.2 Å². The van der Waals surface area contributed by atoms with Crippen molar-refractivity contribution < 1.29 is 41.4 Å². The molecule has 2 aromatic rings. The zero-order chi connectivity index (χ0) is 30.3. The van der Waals surface area contributed by atoms with E-state index in [1.54, 1.807) is 11.0 Å². The number of nitrogens with zero attached hydrogens (tertiary/aromatic N) is 2.